The van der Waals surface area contributed by atoms with E-state index in [2.05, 4.69) is 21.6 Å². The summed E-state index contributed by atoms with van der Waals surface area (Å²) in [6.07, 6.45) is 10.6. The molecule has 3 rings (SSSR count). The van der Waals surface area contributed by atoms with Crippen molar-refractivity contribution in [1.82, 2.24) is 15.5 Å². The first kappa shape index (κ1) is 18.4. The Morgan fingerprint density at radius 3 is 2.52 bits per heavy atom. The van der Waals surface area contributed by atoms with E-state index in [9.17, 15) is 4.79 Å². The second-order valence-corrected chi connectivity index (χ2v) is 7.58. The maximum Gasteiger partial charge on any atom is 0.251 e. The minimum absolute atomic E-state index is 0.0472. The van der Waals surface area contributed by atoms with Crippen molar-refractivity contribution >= 4 is 5.91 Å². The number of likely N-dealkylation sites (tertiary alicyclic amines) is 1. The second-order valence-electron chi connectivity index (χ2n) is 7.58. The normalized spacial score (nSPS) is 19.7. The standard InChI is InChI=1S/C21H33N3O/c25-21(23-13-12-22-20-10-3-1-2-4-11-20)19-9-7-8-18(16-19)17-24-14-5-6-15-24/h7-9,16,20,22H,1-6,10-15,17H2,(H,23,25). The number of benzene rings is 1. The largest absolute Gasteiger partial charge is 0.351 e. The molecule has 0 bridgehead atoms. The zero-order valence-electron chi connectivity index (χ0n) is 15.4. The van der Waals surface area contributed by atoms with Crippen molar-refractivity contribution < 1.29 is 4.79 Å². The van der Waals surface area contributed by atoms with Crippen LogP contribution in [0, 0.1) is 0 Å². The van der Waals surface area contributed by atoms with Gasteiger partial charge in [-0.2, -0.15) is 0 Å². The van der Waals surface area contributed by atoms with E-state index in [1.807, 2.05) is 18.2 Å². The molecule has 1 aliphatic carbocycles. The van der Waals surface area contributed by atoms with Crippen LogP contribution in [-0.4, -0.2) is 43.0 Å². The highest BCUT2D eigenvalue weighted by Gasteiger charge is 2.13. The summed E-state index contributed by atoms with van der Waals surface area (Å²) in [6, 6.07) is 8.74. The number of hydrogen-bond acceptors (Lipinski definition) is 3. The fourth-order valence-corrected chi connectivity index (χ4v) is 4.05. The van der Waals surface area contributed by atoms with Crippen molar-refractivity contribution in [3.63, 3.8) is 0 Å². The van der Waals surface area contributed by atoms with Gasteiger partial charge >= 0.3 is 0 Å². The second kappa shape index (κ2) is 9.93. The van der Waals surface area contributed by atoms with E-state index in [-0.39, 0.29) is 5.91 Å². The lowest BCUT2D eigenvalue weighted by Crippen LogP contribution is -2.36. The molecule has 25 heavy (non-hydrogen) atoms. The molecule has 1 aromatic carbocycles. The number of rotatable bonds is 7. The molecule has 2 N–H and O–H groups in total. The van der Waals surface area contributed by atoms with Crippen molar-refractivity contribution in [2.75, 3.05) is 26.2 Å². The summed E-state index contributed by atoms with van der Waals surface area (Å²) in [5.41, 5.74) is 2.03. The lowest BCUT2D eigenvalue weighted by Gasteiger charge is -2.17. The van der Waals surface area contributed by atoms with E-state index in [0.29, 0.717) is 12.6 Å². The molecule has 0 atom stereocenters. The summed E-state index contributed by atoms with van der Waals surface area (Å²) >= 11 is 0. The Kier molecular flexibility index (Phi) is 7.31. The number of nitrogens with one attached hydrogen (secondary N) is 2. The van der Waals surface area contributed by atoms with Crippen LogP contribution < -0.4 is 10.6 Å². The Hall–Kier alpha value is -1.39. The van der Waals surface area contributed by atoms with Crippen LogP contribution in [0.3, 0.4) is 0 Å². The highest BCUT2D eigenvalue weighted by Crippen LogP contribution is 2.17. The van der Waals surface area contributed by atoms with Crippen LogP contribution in [0.15, 0.2) is 24.3 Å². The molecule has 1 saturated heterocycles. The predicted molar refractivity (Wildman–Crippen MR) is 103 cm³/mol. The zero-order valence-corrected chi connectivity index (χ0v) is 15.4. The lowest BCUT2D eigenvalue weighted by atomic mass is 10.1. The summed E-state index contributed by atoms with van der Waals surface area (Å²) in [5, 5.41) is 6.67. The van der Waals surface area contributed by atoms with Gasteiger partial charge in [0, 0.05) is 31.2 Å². The molecular weight excluding hydrogens is 310 g/mol. The Labute approximate surface area is 152 Å². The number of nitrogens with zero attached hydrogens (tertiary/aromatic N) is 1. The molecule has 1 saturated carbocycles. The molecule has 0 aromatic heterocycles. The molecule has 0 unspecified atom stereocenters. The van der Waals surface area contributed by atoms with Gasteiger partial charge in [-0.1, -0.05) is 37.8 Å². The Balaban J connectivity index is 1.40. The number of carbonyl (C=O) groups excluding carboxylic acids is 1. The van der Waals surface area contributed by atoms with Gasteiger partial charge in [-0.15, -0.1) is 0 Å². The molecule has 0 radical (unpaired) electrons. The summed E-state index contributed by atoms with van der Waals surface area (Å²) in [5.74, 6) is 0.0472. The van der Waals surface area contributed by atoms with Crippen LogP contribution in [0.25, 0.3) is 0 Å². The number of hydrogen-bond donors (Lipinski definition) is 2. The first-order valence-electron chi connectivity index (χ1n) is 10.1. The number of carbonyl (C=O) groups is 1. The van der Waals surface area contributed by atoms with Crippen LogP contribution in [0.2, 0.25) is 0 Å². The van der Waals surface area contributed by atoms with Crippen molar-refractivity contribution in [3.8, 4) is 0 Å². The van der Waals surface area contributed by atoms with Gasteiger partial charge in [0.05, 0.1) is 0 Å². The van der Waals surface area contributed by atoms with E-state index in [0.717, 1.165) is 18.7 Å². The summed E-state index contributed by atoms with van der Waals surface area (Å²) in [6.45, 7) is 4.90. The summed E-state index contributed by atoms with van der Waals surface area (Å²) in [4.78, 5) is 14.9. The molecule has 4 nitrogen and oxygen atoms in total. The molecule has 4 heteroatoms. The van der Waals surface area contributed by atoms with Crippen LogP contribution >= 0.6 is 0 Å². The minimum atomic E-state index is 0.0472. The third kappa shape index (κ3) is 6.12. The minimum Gasteiger partial charge on any atom is -0.351 e. The van der Waals surface area contributed by atoms with Crippen LogP contribution in [0.5, 0.6) is 0 Å². The van der Waals surface area contributed by atoms with Gasteiger partial charge in [0.15, 0.2) is 0 Å². The van der Waals surface area contributed by atoms with Gasteiger partial charge in [0.2, 0.25) is 0 Å². The third-order valence-electron chi connectivity index (χ3n) is 5.49. The molecule has 1 aromatic rings. The first-order chi connectivity index (χ1) is 12.3. The van der Waals surface area contributed by atoms with Gasteiger partial charge in [-0.25, -0.2) is 0 Å². The van der Waals surface area contributed by atoms with E-state index in [1.165, 1.54) is 70.0 Å². The van der Waals surface area contributed by atoms with E-state index >= 15 is 0 Å². The van der Waals surface area contributed by atoms with Gasteiger partial charge in [0.1, 0.15) is 0 Å². The van der Waals surface area contributed by atoms with E-state index in [1.54, 1.807) is 0 Å². The Morgan fingerprint density at radius 1 is 1.00 bits per heavy atom. The first-order valence-corrected chi connectivity index (χ1v) is 10.1. The third-order valence-corrected chi connectivity index (χ3v) is 5.49. The maximum atomic E-state index is 12.4. The monoisotopic (exact) mass is 343 g/mol. The van der Waals surface area contributed by atoms with Gasteiger partial charge in [-0.05, 0) is 56.5 Å². The van der Waals surface area contributed by atoms with Gasteiger partial charge in [-0.3, -0.25) is 9.69 Å². The maximum absolute atomic E-state index is 12.4. The lowest BCUT2D eigenvalue weighted by molar-refractivity contribution is 0.0953. The molecule has 138 valence electrons. The van der Waals surface area contributed by atoms with E-state index < -0.39 is 0 Å². The van der Waals surface area contributed by atoms with Crippen molar-refractivity contribution in [3.05, 3.63) is 35.4 Å². The zero-order chi connectivity index (χ0) is 17.3. The quantitative estimate of drug-likeness (QED) is 0.590. The molecular formula is C21H33N3O. The van der Waals surface area contributed by atoms with Gasteiger partial charge < -0.3 is 10.6 Å². The average Bonchev–Trinajstić information content (AvgIpc) is 3.00. The van der Waals surface area contributed by atoms with Crippen molar-refractivity contribution in [1.29, 1.82) is 0 Å². The Bertz CT molecular complexity index is 532. The van der Waals surface area contributed by atoms with Crippen LogP contribution in [-0.2, 0) is 6.54 Å². The van der Waals surface area contributed by atoms with Crippen molar-refractivity contribution in [2.45, 2.75) is 64.0 Å². The smallest absolute Gasteiger partial charge is 0.251 e. The van der Waals surface area contributed by atoms with Crippen LogP contribution in [0.1, 0.15) is 67.3 Å². The molecule has 2 aliphatic rings. The fraction of sp³-hybridized carbons (Fsp3) is 0.667. The highest BCUT2D eigenvalue weighted by molar-refractivity contribution is 5.94. The van der Waals surface area contributed by atoms with Gasteiger partial charge in [0.25, 0.3) is 5.91 Å². The Morgan fingerprint density at radius 2 is 1.76 bits per heavy atom. The molecule has 1 heterocycles. The fourth-order valence-electron chi connectivity index (χ4n) is 4.05. The number of amides is 1. The summed E-state index contributed by atoms with van der Waals surface area (Å²) < 4.78 is 0. The van der Waals surface area contributed by atoms with Crippen molar-refractivity contribution in [2.24, 2.45) is 0 Å². The molecule has 1 aliphatic heterocycles. The SMILES string of the molecule is O=C(NCCNC1CCCCCC1)c1cccc(CN2CCCC2)c1. The highest BCUT2D eigenvalue weighted by atomic mass is 16.1. The summed E-state index contributed by atoms with van der Waals surface area (Å²) in [7, 11) is 0. The van der Waals surface area contributed by atoms with E-state index in [4.69, 9.17) is 0 Å². The molecule has 1 amide bonds. The predicted octanol–water partition coefficient (Wildman–Crippen LogP) is 3.32. The molecule has 2 fully saturated rings. The topological polar surface area (TPSA) is 44.4 Å². The average molecular weight is 344 g/mol. The van der Waals surface area contributed by atoms with Crippen LogP contribution in [0.4, 0.5) is 0 Å². The molecule has 0 spiro atoms.